The summed E-state index contributed by atoms with van der Waals surface area (Å²) in [6.07, 6.45) is 2.85. The lowest BCUT2D eigenvalue weighted by Gasteiger charge is -2.36. The van der Waals surface area contributed by atoms with Gasteiger partial charge in [-0.05, 0) is 78.3 Å². The van der Waals surface area contributed by atoms with Gasteiger partial charge in [0.25, 0.3) is 0 Å². The number of carbonyl (C=O) groups excluding carboxylic acids is 2. The third kappa shape index (κ3) is 10.9. The topological polar surface area (TPSA) is 112 Å². The lowest BCUT2D eigenvalue weighted by molar-refractivity contribution is -0.114. The molecule has 0 aliphatic carbocycles. The van der Waals surface area contributed by atoms with E-state index in [1.165, 1.54) is 36.4 Å². The van der Waals surface area contributed by atoms with Crippen molar-refractivity contribution in [2.24, 2.45) is 23.7 Å². The highest BCUT2D eigenvalue weighted by Gasteiger charge is 2.25. The minimum absolute atomic E-state index is 0.174. The summed E-state index contributed by atoms with van der Waals surface area (Å²) in [6, 6.07) is 15.0. The Hall–Kier alpha value is -3.16. The lowest BCUT2D eigenvalue weighted by Crippen LogP contribution is -2.41. The second-order valence-electron chi connectivity index (χ2n) is 13.1. The predicted octanol–water partition coefficient (Wildman–Crippen LogP) is 6.89. The van der Waals surface area contributed by atoms with Gasteiger partial charge in [-0.1, -0.05) is 87.8 Å². The molecule has 0 radical (unpaired) electrons. The summed E-state index contributed by atoms with van der Waals surface area (Å²) in [5.41, 5.74) is 3.33. The molecule has 0 unspecified atom stereocenters. The number of carbonyl (C=O) groups is 2. The standard InChI is InChI=1S/C35H42N6O2S4/c1-22-9-23(2)17-40(16-22)34(44)46-20-32(42)38-30-7-5-26(12-28(30)14-36)11-27-6-8-31(29(13-27)15-37)39-33(43)21-47-35(45)41-18-24(3)10-25(4)19-41/h5-8,12-13,22-25H,9-11,16-21H2,1-4H3,(H,38,42)(H,39,43)/t22-,23-,24-,25-/m1/s1. The number of hydrogen-bond acceptors (Lipinski definition) is 8. The first kappa shape index (κ1) is 36.7. The van der Waals surface area contributed by atoms with Crippen LogP contribution in [-0.4, -0.2) is 67.9 Å². The van der Waals surface area contributed by atoms with E-state index in [1.54, 1.807) is 24.3 Å². The Balaban J connectivity index is 1.29. The Morgan fingerprint density at radius 2 is 1.09 bits per heavy atom. The predicted molar refractivity (Wildman–Crippen MR) is 202 cm³/mol. The average Bonchev–Trinajstić information content (AvgIpc) is 3.02. The van der Waals surface area contributed by atoms with Gasteiger partial charge in [0.1, 0.15) is 20.8 Å². The van der Waals surface area contributed by atoms with Gasteiger partial charge in [0.15, 0.2) is 0 Å². The van der Waals surface area contributed by atoms with Crippen molar-refractivity contribution in [1.82, 2.24) is 9.80 Å². The Morgan fingerprint density at radius 3 is 1.43 bits per heavy atom. The molecule has 12 heteroatoms. The molecule has 2 aromatic rings. The summed E-state index contributed by atoms with van der Waals surface area (Å²) in [6.45, 7) is 12.6. The van der Waals surface area contributed by atoms with Crippen LogP contribution in [0.1, 0.15) is 62.8 Å². The van der Waals surface area contributed by atoms with E-state index in [0.717, 1.165) is 45.9 Å². The Labute approximate surface area is 298 Å². The number of nitriles is 2. The van der Waals surface area contributed by atoms with Gasteiger partial charge in [-0.2, -0.15) is 10.5 Å². The number of amides is 2. The molecule has 47 heavy (non-hydrogen) atoms. The molecule has 2 heterocycles. The van der Waals surface area contributed by atoms with Gasteiger partial charge < -0.3 is 20.4 Å². The van der Waals surface area contributed by atoms with Crippen molar-refractivity contribution in [3.05, 3.63) is 58.7 Å². The number of nitrogens with one attached hydrogen (secondary N) is 2. The maximum absolute atomic E-state index is 12.7. The summed E-state index contributed by atoms with van der Waals surface area (Å²) < 4.78 is 1.47. The largest absolute Gasteiger partial charge is 0.357 e. The van der Waals surface area contributed by atoms with E-state index in [9.17, 15) is 20.1 Å². The fraction of sp³-hybridized carbons (Fsp3) is 0.486. The molecule has 2 saturated heterocycles. The molecule has 0 bridgehead atoms. The first-order valence-electron chi connectivity index (χ1n) is 15.9. The van der Waals surface area contributed by atoms with E-state index >= 15 is 0 Å². The zero-order valence-corrected chi connectivity index (χ0v) is 30.6. The first-order valence-corrected chi connectivity index (χ1v) is 18.7. The normalized spacial score (nSPS) is 20.9. The molecule has 2 N–H and O–H groups in total. The second-order valence-corrected chi connectivity index (χ2v) is 16.3. The average molecular weight is 707 g/mol. The summed E-state index contributed by atoms with van der Waals surface area (Å²) in [5.74, 6) is 2.21. The van der Waals surface area contributed by atoms with Crippen molar-refractivity contribution in [2.75, 3.05) is 48.3 Å². The van der Waals surface area contributed by atoms with Crippen molar-refractivity contribution < 1.29 is 9.59 Å². The molecule has 2 amide bonds. The van der Waals surface area contributed by atoms with Crippen LogP contribution in [0.5, 0.6) is 0 Å². The molecule has 4 atom stereocenters. The maximum Gasteiger partial charge on any atom is 0.234 e. The van der Waals surface area contributed by atoms with Gasteiger partial charge in [0.2, 0.25) is 11.8 Å². The number of likely N-dealkylation sites (tertiary alicyclic amines) is 2. The summed E-state index contributed by atoms with van der Waals surface area (Å²) in [4.78, 5) is 29.8. The van der Waals surface area contributed by atoms with Gasteiger partial charge >= 0.3 is 0 Å². The zero-order valence-electron chi connectivity index (χ0n) is 27.4. The molecule has 8 nitrogen and oxygen atoms in total. The molecule has 4 rings (SSSR count). The minimum Gasteiger partial charge on any atom is -0.357 e. The van der Waals surface area contributed by atoms with Crippen LogP contribution < -0.4 is 10.6 Å². The van der Waals surface area contributed by atoms with Crippen LogP contribution >= 0.6 is 48.0 Å². The van der Waals surface area contributed by atoms with Crippen LogP contribution in [0, 0.1) is 46.3 Å². The highest BCUT2D eigenvalue weighted by molar-refractivity contribution is 8.23. The fourth-order valence-corrected chi connectivity index (χ4v) is 8.44. The number of thiocarbonyl (C=S) groups is 2. The third-order valence-corrected chi connectivity index (χ3v) is 11.3. The van der Waals surface area contributed by atoms with Crippen LogP contribution in [0.25, 0.3) is 0 Å². The SMILES string of the molecule is C[C@@H]1C[C@@H](C)CN(C(=S)SCC(=O)Nc2ccc(Cc3ccc(NC(=O)CSC(=S)N4C[C@H](C)C[C@@H](C)C4)c(C#N)c3)cc2C#N)C1. The Kier molecular flexibility index (Phi) is 13.5. The van der Waals surface area contributed by atoms with Crippen molar-refractivity contribution in [3.63, 3.8) is 0 Å². The molecule has 2 aliphatic rings. The first-order chi connectivity index (χ1) is 22.4. The quantitative estimate of drug-likeness (QED) is 0.282. The van der Waals surface area contributed by atoms with Crippen LogP contribution in [0.3, 0.4) is 0 Å². The Bertz CT molecular complexity index is 1450. The van der Waals surface area contributed by atoms with Crippen LogP contribution in [0.2, 0.25) is 0 Å². The highest BCUT2D eigenvalue weighted by atomic mass is 32.2. The maximum atomic E-state index is 12.7. The molecule has 2 fully saturated rings. The number of rotatable bonds is 8. The van der Waals surface area contributed by atoms with E-state index in [0.29, 0.717) is 52.6 Å². The van der Waals surface area contributed by atoms with Crippen molar-refractivity contribution >= 4 is 79.8 Å². The van der Waals surface area contributed by atoms with Crippen LogP contribution in [-0.2, 0) is 16.0 Å². The molecular weight excluding hydrogens is 665 g/mol. The number of nitrogens with zero attached hydrogens (tertiary/aromatic N) is 4. The molecule has 0 aromatic heterocycles. The molecule has 2 aliphatic heterocycles. The third-order valence-electron chi connectivity index (χ3n) is 8.27. The highest BCUT2D eigenvalue weighted by Crippen LogP contribution is 2.27. The zero-order chi connectivity index (χ0) is 34.1. The monoisotopic (exact) mass is 706 g/mol. The summed E-state index contributed by atoms with van der Waals surface area (Å²) in [5, 5.41) is 25.3. The fourth-order valence-electron chi connectivity index (χ4n) is 6.48. The number of piperidine rings is 2. The summed E-state index contributed by atoms with van der Waals surface area (Å²) in [7, 11) is 0. The van der Waals surface area contributed by atoms with Gasteiger partial charge in [-0.25, -0.2) is 0 Å². The van der Waals surface area contributed by atoms with Crippen LogP contribution in [0.15, 0.2) is 36.4 Å². The lowest BCUT2D eigenvalue weighted by atomic mass is 9.92. The van der Waals surface area contributed by atoms with Crippen LogP contribution in [0.4, 0.5) is 11.4 Å². The van der Waals surface area contributed by atoms with E-state index in [-0.39, 0.29) is 23.3 Å². The smallest absolute Gasteiger partial charge is 0.234 e. The molecular formula is C35H42N6O2S4. The van der Waals surface area contributed by atoms with Crippen molar-refractivity contribution in [2.45, 2.75) is 47.0 Å². The van der Waals surface area contributed by atoms with Gasteiger partial charge in [0.05, 0.1) is 34.0 Å². The van der Waals surface area contributed by atoms with Crippen molar-refractivity contribution in [3.8, 4) is 12.1 Å². The number of anilines is 2. The molecule has 0 saturated carbocycles. The van der Waals surface area contributed by atoms with Gasteiger partial charge in [-0.15, -0.1) is 0 Å². The van der Waals surface area contributed by atoms with E-state index in [2.05, 4.69) is 60.3 Å². The molecule has 248 valence electrons. The van der Waals surface area contributed by atoms with E-state index < -0.39 is 0 Å². The number of hydrogen-bond donors (Lipinski definition) is 2. The van der Waals surface area contributed by atoms with E-state index in [4.69, 9.17) is 24.4 Å². The van der Waals surface area contributed by atoms with Gasteiger partial charge in [-0.3, -0.25) is 9.59 Å². The number of thioether (sulfide) groups is 2. The Morgan fingerprint density at radius 1 is 0.723 bits per heavy atom. The second kappa shape index (κ2) is 17.3. The number of benzene rings is 2. The van der Waals surface area contributed by atoms with E-state index in [1.807, 2.05) is 12.1 Å². The minimum atomic E-state index is -0.216. The molecule has 2 aromatic carbocycles. The molecule has 0 spiro atoms. The van der Waals surface area contributed by atoms with Crippen molar-refractivity contribution in [1.29, 1.82) is 10.5 Å². The van der Waals surface area contributed by atoms with Gasteiger partial charge in [0, 0.05) is 26.2 Å². The summed E-state index contributed by atoms with van der Waals surface area (Å²) >= 11 is 13.9.